The maximum atomic E-state index is 12.9. The number of carboxylic acid groups (broad SMARTS) is 2. The second-order valence-electron chi connectivity index (χ2n) is 12.3. The van der Waals surface area contributed by atoms with E-state index in [-0.39, 0.29) is 50.4 Å². The number of rotatable bonds is 16. The maximum absolute atomic E-state index is 12.9. The molecule has 0 saturated carbocycles. The molecule has 313 valence electrons. The highest BCUT2D eigenvalue weighted by Gasteiger charge is 2.33. The molecule has 0 spiro atoms. The fourth-order valence-electron chi connectivity index (χ4n) is 5.39. The van der Waals surface area contributed by atoms with E-state index < -0.39 is 83.8 Å². The van der Waals surface area contributed by atoms with Crippen LogP contribution in [0.25, 0.3) is 22.1 Å². The number of carbonyl (C=O) groups is 2. The lowest BCUT2D eigenvalue weighted by atomic mass is 10.1. The first-order chi connectivity index (χ1) is 25.4. The summed E-state index contributed by atoms with van der Waals surface area (Å²) in [6.07, 6.45) is -6.29. The molecule has 6 N–H and O–H groups in total. The van der Waals surface area contributed by atoms with E-state index in [9.17, 15) is 49.3 Å². The van der Waals surface area contributed by atoms with Gasteiger partial charge in [-0.25, -0.2) is 19.6 Å². The Labute approximate surface area is 339 Å². The normalized spacial score (nSPS) is 14.2. The summed E-state index contributed by atoms with van der Waals surface area (Å²) in [6, 6.07) is 6.75. The van der Waals surface area contributed by atoms with Crippen LogP contribution in [-0.4, -0.2) is 119 Å². The van der Waals surface area contributed by atoms with Crippen LogP contribution in [0.2, 0.25) is 0 Å². The molecular formula is C34H50BN4O14P4. The van der Waals surface area contributed by atoms with Gasteiger partial charge in [-0.15, -0.1) is 0 Å². The average molecular weight is 873 g/mol. The number of aryl methyl sites for hydroxylation is 4. The first-order valence-electron chi connectivity index (χ1n) is 16.0. The van der Waals surface area contributed by atoms with E-state index in [0.29, 0.717) is 16.6 Å². The number of hydrogen-bond acceptors (Lipinski definition) is 14. The molecule has 0 aliphatic carbocycles. The van der Waals surface area contributed by atoms with Gasteiger partial charge in [0.15, 0.2) is 8.46 Å². The van der Waals surface area contributed by atoms with E-state index >= 15 is 0 Å². The van der Waals surface area contributed by atoms with Crippen LogP contribution in [0.1, 0.15) is 58.1 Å². The Bertz CT molecular complexity index is 2140. The third-order valence-electron chi connectivity index (χ3n) is 8.73. The fourth-order valence-corrected chi connectivity index (χ4v) is 6.94. The topological polar surface area (TPSA) is 270 Å². The molecule has 0 amide bonds. The lowest BCUT2D eigenvalue weighted by molar-refractivity contribution is -0.0805. The highest BCUT2D eigenvalue weighted by Crippen LogP contribution is 2.27. The van der Waals surface area contributed by atoms with Gasteiger partial charge in [-0.05, 0) is 74.2 Å². The second kappa shape index (κ2) is 24.0. The van der Waals surface area contributed by atoms with Gasteiger partial charge in [-0.1, -0.05) is 14.9 Å². The van der Waals surface area contributed by atoms with Gasteiger partial charge in [0.05, 0.1) is 60.1 Å². The predicted molar refractivity (Wildman–Crippen MR) is 225 cm³/mol. The summed E-state index contributed by atoms with van der Waals surface area (Å²) in [6.45, 7) is 6.16. The Kier molecular flexibility index (Phi) is 22.7. The van der Waals surface area contributed by atoms with Gasteiger partial charge < -0.3 is 53.3 Å². The Morgan fingerprint density at radius 2 is 1.14 bits per heavy atom. The van der Waals surface area contributed by atoms with E-state index in [1.165, 1.54) is 4.57 Å². The van der Waals surface area contributed by atoms with Crippen molar-refractivity contribution < 1.29 is 58.4 Å². The van der Waals surface area contributed by atoms with Crippen LogP contribution >= 0.6 is 36.9 Å². The molecule has 3 radical (unpaired) electrons. The number of benzene rings is 2. The zero-order chi connectivity index (χ0) is 40.6. The quantitative estimate of drug-likeness (QED) is 0.0696. The molecule has 2 aromatic heterocycles. The molecule has 2 heterocycles. The molecule has 57 heavy (non-hydrogen) atoms. The molecule has 4 rings (SSSR count). The number of nitrogens with zero attached hydrogens (tertiary/aromatic N) is 4. The van der Waals surface area contributed by atoms with Crippen molar-refractivity contribution in [1.29, 1.82) is 0 Å². The van der Waals surface area contributed by atoms with Crippen LogP contribution in [0.5, 0.6) is 0 Å². The minimum atomic E-state index is -1.71. The smallest absolute Gasteiger partial charge is 0.360 e. The van der Waals surface area contributed by atoms with Crippen molar-refractivity contribution in [1.82, 2.24) is 19.1 Å². The Morgan fingerprint density at radius 3 is 1.49 bits per heavy atom. The van der Waals surface area contributed by atoms with Crippen molar-refractivity contribution in [3.63, 3.8) is 0 Å². The molecule has 0 fully saturated rings. The van der Waals surface area contributed by atoms with E-state index in [1.54, 1.807) is 31.2 Å². The minimum Gasteiger partial charge on any atom is -0.476 e. The molecule has 0 aliphatic rings. The lowest BCUT2D eigenvalue weighted by Crippen LogP contribution is -2.43. The number of aliphatic hydroxyl groups is 4. The van der Waals surface area contributed by atoms with Crippen LogP contribution in [0.15, 0.2) is 33.9 Å². The third kappa shape index (κ3) is 12.7. The summed E-state index contributed by atoms with van der Waals surface area (Å²) in [7, 11) is 5.99. The van der Waals surface area contributed by atoms with Crippen LogP contribution < -0.4 is 11.1 Å². The van der Waals surface area contributed by atoms with E-state index in [4.69, 9.17) is 18.7 Å². The third-order valence-corrected chi connectivity index (χ3v) is 10.5. The predicted octanol–water partition coefficient (Wildman–Crippen LogP) is 2.21. The zero-order valence-corrected chi connectivity index (χ0v) is 34.5. The van der Waals surface area contributed by atoms with Gasteiger partial charge in [0.2, 0.25) is 11.4 Å². The average Bonchev–Trinajstić information content (AvgIpc) is 3.13. The number of fused-ring (bicyclic) bond motifs is 2. The van der Waals surface area contributed by atoms with Crippen LogP contribution in [-0.2, 0) is 31.2 Å². The molecule has 9 atom stereocenters. The van der Waals surface area contributed by atoms with Crippen molar-refractivity contribution in [2.24, 2.45) is 0 Å². The van der Waals surface area contributed by atoms with Crippen LogP contribution in [0.3, 0.4) is 0 Å². The van der Waals surface area contributed by atoms with E-state index in [1.807, 2.05) is 20.8 Å². The van der Waals surface area contributed by atoms with Gasteiger partial charge in [0, 0.05) is 36.8 Å². The van der Waals surface area contributed by atoms with Gasteiger partial charge in [0.1, 0.15) is 24.4 Å². The fraction of sp³-hybridized carbons (Fsp3) is 0.471. The maximum Gasteiger partial charge on any atom is 0.360 e. The first-order valence-corrected chi connectivity index (χ1v) is 18.3. The molecule has 0 saturated heterocycles. The summed E-state index contributed by atoms with van der Waals surface area (Å²) in [4.78, 5) is 56.0. The largest absolute Gasteiger partial charge is 0.476 e. The van der Waals surface area contributed by atoms with Crippen molar-refractivity contribution in [3.8, 4) is 0 Å². The van der Waals surface area contributed by atoms with Crippen LogP contribution in [0.4, 0.5) is 0 Å². The van der Waals surface area contributed by atoms with E-state index in [0.717, 1.165) is 26.8 Å². The Morgan fingerprint density at radius 1 is 0.737 bits per heavy atom. The second-order valence-corrected chi connectivity index (χ2v) is 14.0. The highest BCUT2D eigenvalue weighted by molar-refractivity contribution is 7.25. The number of aromatic nitrogens is 4. The molecular weight excluding hydrogens is 823 g/mol. The molecule has 3 unspecified atom stereocenters. The number of hydrogen-bond donors (Lipinski definition) is 6. The summed E-state index contributed by atoms with van der Waals surface area (Å²) in [5, 5.41) is 56.7. The monoisotopic (exact) mass is 873 g/mol. The molecule has 18 nitrogen and oxygen atoms in total. The van der Waals surface area contributed by atoms with Gasteiger partial charge in [-0.3, -0.25) is 14.2 Å². The van der Waals surface area contributed by atoms with Crippen LogP contribution in [0, 0.1) is 27.7 Å². The summed E-state index contributed by atoms with van der Waals surface area (Å²) < 4.78 is 29.8. The van der Waals surface area contributed by atoms with Crippen molar-refractivity contribution in [2.45, 2.75) is 91.8 Å². The molecule has 0 bridgehead atoms. The Balaban J connectivity index is 0.00000105. The molecule has 23 heteroatoms. The van der Waals surface area contributed by atoms with Gasteiger partial charge in [0.25, 0.3) is 11.1 Å². The number of aromatic carboxylic acids is 2. The Hall–Kier alpha value is -3.17. The van der Waals surface area contributed by atoms with Gasteiger partial charge in [-0.2, -0.15) is 0 Å². The minimum absolute atomic E-state index is 0. The van der Waals surface area contributed by atoms with Gasteiger partial charge >= 0.3 is 11.9 Å². The van der Waals surface area contributed by atoms with E-state index in [2.05, 4.69) is 38.4 Å². The zero-order valence-electron chi connectivity index (χ0n) is 30.1. The number of carboxylic acids is 2. The SMILES string of the molecule is C.C.Cc1cc2nc(C(=O)O)c(=O)n(C[C@H](O)[C@H](O)[C@H](O)CO)c2cc1C.Cc1cc2nc(C(=O)O)c(=O)n(C[C@H](OP)[C@H](P=O)[C@@H](COP)OP)c2cc1C.[B]. The molecule has 4 aromatic rings. The number of aliphatic hydroxyl groups excluding tert-OH is 4. The summed E-state index contributed by atoms with van der Waals surface area (Å²) in [5.41, 5.74) is 1.18. The highest BCUT2D eigenvalue weighted by atomic mass is 31.1. The molecule has 0 aliphatic heterocycles. The summed E-state index contributed by atoms with van der Waals surface area (Å²) >= 11 is 0. The lowest BCUT2D eigenvalue weighted by Gasteiger charge is -2.27. The van der Waals surface area contributed by atoms with Crippen molar-refractivity contribution in [3.05, 3.63) is 78.6 Å². The molecule has 2 aromatic carbocycles. The standard InChI is InChI=1S/C16H22N2O7P4.C16H20N2O7.2CH4.B/c1-7-3-9-10(4-8(7)2)18(15(19)13(17-9)16(20)21)5-11(24-27)14(29-22)12(25-28)6-23-26;1-7-3-9-10(4-8(7)2)18(15(23)13(17-9)16(24)25)5-11(20)14(22)12(21)6-19;;;/h3-4,11-12,14H,5-6,26-28H2,1-2H3,(H,20,21);3-4,11-12,14,19-22H,5-6H2,1-2H3,(H,24,25);2*1H4;/t2*11-,12+,14-;;;/m00.../s1. The summed E-state index contributed by atoms with van der Waals surface area (Å²) in [5.74, 6) is -2.93. The van der Waals surface area contributed by atoms with Crippen molar-refractivity contribution >= 4 is 79.3 Å². The first kappa shape index (κ1) is 53.8. The van der Waals surface area contributed by atoms with Crippen molar-refractivity contribution in [2.75, 3.05) is 13.2 Å².